The number of carbonyl (C=O) groups is 1. The van der Waals surface area contributed by atoms with Crippen molar-refractivity contribution >= 4 is 28.6 Å². The van der Waals surface area contributed by atoms with Gasteiger partial charge in [-0.25, -0.2) is 19.2 Å². The normalized spacial score (nSPS) is 19.1. The Balaban J connectivity index is 1.11. The summed E-state index contributed by atoms with van der Waals surface area (Å²) in [6, 6.07) is 15.4. The Morgan fingerprint density at radius 3 is 2.64 bits per heavy atom. The van der Waals surface area contributed by atoms with Gasteiger partial charge in [-0.2, -0.15) is 0 Å². The van der Waals surface area contributed by atoms with Crippen LogP contribution < -0.4 is 4.74 Å². The van der Waals surface area contributed by atoms with E-state index in [9.17, 15) is 14.3 Å². The molecule has 2 aromatic carbocycles. The molecule has 0 aliphatic carbocycles. The van der Waals surface area contributed by atoms with Crippen molar-refractivity contribution in [1.82, 2.24) is 19.4 Å². The third-order valence-corrected chi connectivity index (χ3v) is 8.41. The predicted molar refractivity (Wildman–Crippen MR) is 157 cm³/mol. The van der Waals surface area contributed by atoms with Crippen LogP contribution in [0.4, 0.5) is 4.39 Å². The number of likely N-dealkylation sites (tertiary alicyclic amines) is 1. The van der Waals surface area contributed by atoms with Crippen LogP contribution in [0.1, 0.15) is 66.5 Å². The van der Waals surface area contributed by atoms with Gasteiger partial charge in [-0.3, -0.25) is 4.90 Å². The number of imidazole rings is 1. The Kier molecular flexibility index (Phi) is 7.91. The first-order chi connectivity index (χ1) is 20.1. The van der Waals surface area contributed by atoms with Gasteiger partial charge in [0.15, 0.2) is 0 Å². The number of benzene rings is 2. The highest BCUT2D eigenvalue weighted by molar-refractivity contribution is 6.30. The summed E-state index contributed by atoms with van der Waals surface area (Å²) >= 11 is 5.85. The van der Waals surface area contributed by atoms with E-state index < -0.39 is 11.8 Å². The summed E-state index contributed by atoms with van der Waals surface area (Å²) in [7, 11) is 0. The van der Waals surface area contributed by atoms with Crippen LogP contribution in [0, 0.1) is 5.82 Å². The Morgan fingerprint density at radius 1 is 1.14 bits per heavy atom. The highest BCUT2D eigenvalue weighted by Crippen LogP contribution is 2.34. The average molecular weight is 593 g/mol. The lowest BCUT2D eigenvalue weighted by atomic mass is 9.93. The number of hydrogen-bond acceptors (Lipinski definition) is 6. The second-order valence-electron chi connectivity index (χ2n) is 11.8. The van der Waals surface area contributed by atoms with Crippen LogP contribution in [0.15, 0.2) is 54.6 Å². The largest absolute Gasteiger partial charge is 0.478 e. The molecule has 0 spiro atoms. The summed E-state index contributed by atoms with van der Waals surface area (Å²) in [4.78, 5) is 23.7. The van der Waals surface area contributed by atoms with Gasteiger partial charge in [0, 0.05) is 34.7 Å². The summed E-state index contributed by atoms with van der Waals surface area (Å²) in [6.45, 7) is 7.32. The number of rotatable bonds is 9. The molecule has 1 atom stereocenters. The molecule has 0 radical (unpaired) electrons. The molecule has 4 heterocycles. The molecule has 1 unspecified atom stereocenters. The van der Waals surface area contributed by atoms with Crippen molar-refractivity contribution in [2.75, 3.05) is 13.1 Å². The number of hydrogen-bond donors (Lipinski definition) is 1. The van der Waals surface area contributed by atoms with Crippen LogP contribution in [0.2, 0.25) is 5.02 Å². The fourth-order valence-electron chi connectivity index (χ4n) is 6.04. The van der Waals surface area contributed by atoms with Gasteiger partial charge in [0.1, 0.15) is 18.2 Å². The molecule has 0 saturated carbocycles. The maximum absolute atomic E-state index is 14.1. The number of fused-ring (bicyclic) bond motifs is 1. The fourth-order valence-corrected chi connectivity index (χ4v) is 6.20. The first-order valence-corrected chi connectivity index (χ1v) is 14.7. The van der Waals surface area contributed by atoms with Gasteiger partial charge in [0.25, 0.3) is 0 Å². The minimum atomic E-state index is -0.950. The lowest BCUT2D eigenvalue weighted by Gasteiger charge is -2.43. The van der Waals surface area contributed by atoms with Crippen molar-refractivity contribution < 1.29 is 23.8 Å². The summed E-state index contributed by atoms with van der Waals surface area (Å²) in [5.41, 5.74) is 3.15. The Hall–Kier alpha value is -3.53. The SMILES string of the molecule is CC1(C)CC(Cn2c(CN3CCC(c4cccc(OCc5ccc(Cl)cc5F)n4)CC3)nc3ccc(C(=O)O)cc32)O1. The van der Waals surface area contributed by atoms with E-state index in [1.165, 1.54) is 6.07 Å². The van der Waals surface area contributed by atoms with Crippen LogP contribution in [-0.2, 0) is 24.4 Å². The molecule has 1 N–H and O–H groups in total. The van der Waals surface area contributed by atoms with Crippen LogP contribution in [0.5, 0.6) is 5.88 Å². The first kappa shape index (κ1) is 28.6. The number of pyridine rings is 1. The molecule has 2 aromatic heterocycles. The number of aromatic carboxylic acids is 1. The third kappa shape index (κ3) is 6.28. The molecule has 10 heteroatoms. The van der Waals surface area contributed by atoms with Crippen molar-refractivity contribution in [2.45, 2.75) is 70.4 Å². The summed E-state index contributed by atoms with van der Waals surface area (Å²) in [6.07, 6.45) is 2.89. The van der Waals surface area contributed by atoms with Crippen molar-refractivity contribution in [1.29, 1.82) is 0 Å². The summed E-state index contributed by atoms with van der Waals surface area (Å²) in [5, 5.41) is 9.90. The molecule has 8 nitrogen and oxygen atoms in total. The summed E-state index contributed by atoms with van der Waals surface area (Å²) < 4.78 is 28.2. The van der Waals surface area contributed by atoms with Crippen LogP contribution in [0.3, 0.4) is 0 Å². The van der Waals surface area contributed by atoms with Gasteiger partial charge in [-0.05, 0) is 76.2 Å². The van der Waals surface area contributed by atoms with Gasteiger partial charge in [-0.15, -0.1) is 0 Å². The molecule has 2 aliphatic heterocycles. The predicted octanol–water partition coefficient (Wildman–Crippen LogP) is 6.45. The minimum absolute atomic E-state index is 0.0760. The molecule has 0 bridgehead atoms. The summed E-state index contributed by atoms with van der Waals surface area (Å²) in [5.74, 6) is 0.336. The zero-order valence-corrected chi connectivity index (χ0v) is 24.5. The second-order valence-corrected chi connectivity index (χ2v) is 12.3. The molecule has 42 heavy (non-hydrogen) atoms. The zero-order valence-electron chi connectivity index (χ0n) is 23.7. The Morgan fingerprint density at radius 2 is 1.93 bits per heavy atom. The number of carboxylic acid groups (broad SMARTS) is 1. The van der Waals surface area contributed by atoms with E-state index in [-0.39, 0.29) is 23.9 Å². The highest BCUT2D eigenvalue weighted by Gasteiger charge is 2.38. The number of halogens is 2. The van der Waals surface area contributed by atoms with Crippen LogP contribution >= 0.6 is 11.6 Å². The van der Waals surface area contributed by atoms with Gasteiger partial charge in [0.05, 0.1) is 41.4 Å². The van der Waals surface area contributed by atoms with Crippen molar-refractivity contribution in [3.63, 3.8) is 0 Å². The molecule has 2 saturated heterocycles. The quantitative estimate of drug-likeness (QED) is 0.239. The zero-order chi connectivity index (χ0) is 29.4. The van der Waals surface area contributed by atoms with Gasteiger partial charge in [-0.1, -0.05) is 23.7 Å². The maximum atomic E-state index is 14.1. The molecule has 6 rings (SSSR count). The topological polar surface area (TPSA) is 89.7 Å². The van der Waals surface area contributed by atoms with E-state index in [2.05, 4.69) is 23.3 Å². The molecular weight excluding hydrogens is 559 g/mol. The van der Waals surface area contributed by atoms with E-state index in [1.54, 1.807) is 36.4 Å². The lowest BCUT2D eigenvalue weighted by Crippen LogP contribution is -2.47. The Bertz CT molecular complexity index is 1610. The molecule has 2 aliphatic rings. The fraction of sp³-hybridized carbons (Fsp3) is 0.406. The van der Waals surface area contributed by atoms with E-state index in [0.29, 0.717) is 35.5 Å². The van der Waals surface area contributed by atoms with E-state index in [4.69, 9.17) is 31.0 Å². The van der Waals surface area contributed by atoms with E-state index in [1.807, 2.05) is 12.1 Å². The minimum Gasteiger partial charge on any atom is -0.478 e. The number of aromatic nitrogens is 3. The van der Waals surface area contributed by atoms with Crippen LogP contribution in [-0.4, -0.2) is 55.3 Å². The molecule has 220 valence electrons. The van der Waals surface area contributed by atoms with Crippen molar-refractivity contribution in [2.24, 2.45) is 0 Å². The molecule has 4 aromatic rings. The van der Waals surface area contributed by atoms with Gasteiger partial charge in [0.2, 0.25) is 5.88 Å². The molecular formula is C32H34ClFN4O4. The number of ether oxygens (including phenoxy) is 2. The first-order valence-electron chi connectivity index (χ1n) is 14.3. The standard InChI is InChI=1S/C32H34ClFN4O4/c1-32(2)16-24(42-32)17-38-28-14-21(31(39)40)7-9-27(28)35-29(38)18-37-12-10-20(11-13-37)26-4-3-5-30(36-26)41-19-22-6-8-23(33)15-25(22)34/h3-9,14-15,20,24H,10-13,16-19H2,1-2H3,(H,39,40). The average Bonchev–Trinajstić information content (AvgIpc) is 3.28. The lowest BCUT2D eigenvalue weighted by molar-refractivity contribution is -0.188. The smallest absolute Gasteiger partial charge is 0.335 e. The second kappa shape index (κ2) is 11.6. The van der Waals surface area contributed by atoms with Crippen molar-refractivity contribution in [3.8, 4) is 5.88 Å². The molecule has 0 amide bonds. The Labute approximate surface area is 249 Å². The van der Waals surface area contributed by atoms with E-state index >= 15 is 0 Å². The van der Waals surface area contributed by atoms with Gasteiger partial charge >= 0.3 is 5.97 Å². The van der Waals surface area contributed by atoms with Crippen molar-refractivity contribution in [3.05, 3.63) is 88.1 Å². The molecule has 2 fully saturated rings. The highest BCUT2D eigenvalue weighted by atomic mass is 35.5. The third-order valence-electron chi connectivity index (χ3n) is 8.17. The van der Waals surface area contributed by atoms with E-state index in [0.717, 1.165) is 54.9 Å². The van der Waals surface area contributed by atoms with Crippen LogP contribution in [0.25, 0.3) is 11.0 Å². The van der Waals surface area contributed by atoms with Gasteiger partial charge < -0.3 is 19.1 Å². The number of nitrogens with zero attached hydrogens (tertiary/aromatic N) is 4. The number of carboxylic acids is 1. The maximum Gasteiger partial charge on any atom is 0.335 e. The number of piperidine rings is 1. The monoisotopic (exact) mass is 592 g/mol.